The fourth-order valence-corrected chi connectivity index (χ4v) is 2.03. The number of hydrogen-bond donors (Lipinski definition) is 1. The first-order valence-electron chi connectivity index (χ1n) is 6.39. The molecule has 2 heterocycles. The normalized spacial score (nSPS) is 10.6. The number of nitrogens with one attached hydrogen (secondary N) is 1. The summed E-state index contributed by atoms with van der Waals surface area (Å²) in [5, 5.41) is 4.09. The molecule has 20 heavy (non-hydrogen) atoms. The second-order valence-corrected chi connectivity index (χ2v) is 4.92. The van der Waals surface area contributed by atoms with E-state index in [0.717, 1.165) is 12.0 Å². The summed E-state index contributed by atoms with van der Waals surface area (Å²) in [4.78, 5) is 27.9. The van der Waals surface area contributed by atoms with E-state index in [0.29, 0.717) is 17.8 Å². The number of carbonyl (C=O) groups is 1. The Morgan fingerprint density at radius 3 is 2.80 bits per heavy atom. The minimum Gasteiger partial charge on any atom is -0.341 e. The standard InChI is InChI=1S/C14H18N4O2/c1-10-6-12(7-13(19)16-10)14(20)17(2)5-4-11-8-15-18(3)9-11/h6-9H,4-5H2,1-3H3,(H,16,19). The zero-order valence-electron chi connectivity index (χ0n) is 11.9. The largest absolute Gasteiger partial charge is 0.341 e. The molecule has 6 nitrogen and oxygen atoms in total. The molecule has 0 aliphatic heterocycles. The maximum atomic E-state index is 12.2. The molecule has 2 rings (SSSR count). The van der Waals surface area contributed by atoms with Gasteiger partial charge in [-0.1, -0.05) is 0 Å². The van der Waals surface area contributed by atoms with Crippen LogP contribution in [0.5, 0.6) is 0 Å². The summed E-state index contributed by atoms with van der Waals surface area (Å²) in [6.07, 6.45) is 4.45. The predicted molar refractivity (Wildman–Crippen MR) is 75.7 cm³/mol. The van der Waals surface area contributed by atoms with Crippen molar-refractivity contribution in [3.05, 3.63) is 51.7 Å². The van der Waals surface area contributed by atoms with Crippen LogP contribution in [0.15, 0.2) is 29.3 Å². The number of amides is 1. The topological polar surface area (TPSA) is 71.0 Å². The Kier molecular flexibility index (Phi) is 4.02. The summed E-state index contributed by atoms with van der Waals surface area (Å²) >= 11 is 0. The monoisotopic (exact) mass is 274 g/mol. The highest BCUT2D eigenvalue weighted by molar-refractivity contribution is 5.94. The summed E-state index contributed by atoms with van der Waals surface area (Å²) < 4.78 is 1.73. The van der Waals surface area contributed by atoms with Crippen molar-refractivity contribution in [2.24, 2.45) is 7.05 Å². The Balaban J connectivity index is 2.03. The first kappa shape index (κ1) is 14.0. The van der Waals surface area contributed by atoms with Gasteiger partial charge in [-0.3, -0.25) is 14.3 Å². The molecule has 106 valence electrons. The average molecular weight is 274 g/mol. The Labute approximate surface area is 117 Å². The van der Waals surface area contributed by atoms with Crippen molar-refractivity contribution in [1.82, 2.24) is 19.7 Å². The quantitative estimate of drug-likeness (QED) is 0.893. The van der Waals surface area contributed by atoms with E-state index in [1.807, 2.05) is 13.2 Å². The molecule has 2 aromatic heterocycles. The van der Waals surface area contributed by atoms with Gasteiger partial charge in [0, 0.05) is 44.2 Å². The Morgan fingerprint density at radius 2 is 2.20 bits per heavy atom. The van der Waals surface area contributed by atoms with Gasteiger partial charge in [0.1, 0.15) is 0 Å². The summed E-state index contributed by atoms with van der Waals surface area (Å²) in [6, 6.07) is 3.01. The molecule has 1 N–H and O–H groups in total. The summed E-state index contributed by atoms with van der Waals surface area (Å²) in [5.41, 5.74) is 1.92. The van der Waals surface area contributed by atoms with E-state index in [-0.39, 0.29) is 11.5 Å². The van der Waals surface area contributed by atoms with Gasteiger partial charge in [0.2, 0.25) is 5.56 Å². The molecule has 0 fully saturated rings. The zero-order valence-corrected chi connectivity index (χ0v) is 11.9. The summed E-state index contributed by atoms with van der Waals surface area (Å²) in [6.45, 7) is 2.34. The lowest BCUT2D eigenvalue weighted by Gasteiger charge is -2.16. The van der Waals surface area contributed by atoms with Crippen molar-refractivity contribution in [2.45, 2.75) is 13.3 Å². The smallest absolute Gasteiger partial charge is 0.253 e. The molecule has 2 aromatic rings. The molecule has 0 saturated carbocycles. The van der Waals surface area contributed by atoms with Crippen molar-refractivity contribution < 1.29 is 4.79 Å². The first-order valence-corrected chi connectivity index (χ1v) is 6.39. The van der Waals surface area contributed by atoms with Crippen molar-refractivity contribution in [2.75, 3.05) is 13.6 Å². The van der Waals surface area contributed by atoms with Crippen LogP contribution in [0.2, 0.25) is 0 Å². The van der Waals surface area contributed by atoms with Gasteiger partial charge in [0.05, 0.1) is 6.20 Å². The zero-order chi connectivity index (χ0) is 14.7. The number of rotatable bonds is 4. The van der Waals surface area contributed by atoms with Crippen molar-refractivity contribution in [1.29, 1.82) is 0 Å². The van der Waals surface area contributed by atoms with Crippen LogP contribution in [0, 0.1) is 6.92 Å². The van der Waals surface area contributed by atoms with E-state index in [1.165, 1.54) is 6.07 Å². The second-order valence-electron chi connectivity index (χ2n) is 4.92. The highest BCUT2D eigenvalue weighted by Gasteiger charge is 2.13. The Bertz CT molecular complexity index is 672. The van der Waals surface area contributed by atoms with Crippen molar-refractivity contribution >= 4 is 5.91 Å². The number of likely N-dealkylation sites (N-methyl/N-ethyl adjacent to an activating group) is 1. The van der Waals surface area contributed by atoms with E-state index in [4.69, 9.17) is 0 Å². The van der Waals surface area contributed by atoms with Gasteiger partial charge in [-0.05, 0) is 25.0 Å². The van der Waals surface area contributed by atoms with Gasteiger partial charge < -0.3 is 9.88 Å². The number of aromatic nitrogens is 3. The number of pyridine rings is 1. The van der Waals surface area contributed by atoms with Crippen LogP contribution in [0.3, 0.4) is 0 Å². The molecule has 0 atom stereocenters. The van der Waals surface area contributed by atoms with E-state index in [1.54, 1.807) is 35.8 Å². The highest BCUT2D eigenvalue weighted by atomic mass is 16.2. The van der Waals surface area contributed by atoms with E-state index in [2.05, 4.69) is 10.1 Å². The third-order valence-corrected chi connectivity index (χ3v) is 3.07. The molecule has 0 bridgehead atoms. The molecule has 0 aliphatic carbocycles. The maximum absolute atomic E-state index is 12.2. The number of H-pyrrole nitrogens is 1. The van der Waals surface area contributed by atoms with E-state index in [9.17, 15) is 9.59 Å². The Hall–Kier alpha value is -2.37. The van der Waals surface area contributed by atoms with Gasteiger partial charge in [0.25, 0.3) is 5.91 Å². The molecule has 0 spiro atoms. The van der Waals surface area contributed by atoms with E-state index >= 15 is 0 Å². The van der Waals surface area contributed by atoms with Crippen LogP contribution in [0.1, 0.15) is 21.6 Å². The van der Waals surface area contributed by atoms with Crippen molar-refractivity contribution in [3.63, 3.8) is 0 Å². The van der Waals surface area contributed by atoms with Crippen LogP contribution >= 0.6 is 0 Å². The first-order chi connectivity index (χ1) is 9.45. The Morgan fingerprint density at radius 1 is 1.45 bits per heavy atom. The van der Waals surface area contributed by atoms with Crippen LogP contribution in [0.25, 0.3) is 0 Å². The average Bonchev–Trinajstić information content (AvgIpc) is 2.79. The fraction of sp³-hybridized carbons (Fsp3) is 0.357. The lowest BCUT2D eigenvalue weighted by molar-refractivity contribution is 0.0796. The van der Waals surface area contributed by atoms with Gasteiger partial charge >= 0.3 is 0 Å². The number of carbonyl (C=O) groups excluding carboxylic acids is 1. The van der Waals surface area contributed by atoms with Gasteiger partial charge in [-0.2, -0.15) is 5.10 Å². The van der Waals surface area contributed by atoms with Gasteiger partial charge in [-0.15, -0.1) is 0 Å². The van der Waals surface area contributed by atoms with Crippen molar-refractivity contribution in [3.8, 4) is 0 Å². The van der Waals surface area contributed by atoms with Crippen LogP contribution < -0.4 is 5.56 Å². The molecule has 1 amide bonds. The summed E-state index contributed by atoms with van der Waals surface area (Å²) in [7, 11) is 3.59. The molecule has 0 unspecified atom stereocenters. The highest BCUT2D eigenvalue weighted by Crippen LogP contribution is 2.05. The third-order valence-electron chi connectivity index (χ3n) is 3.07. The predicted octanol–water partition coefficient (Wildman–Crippen LogP) is 0.732. The third kappa shape index (κ3) is 3.34. The van der Waals surface area contributed by atoms with Gasteiger partial charge in [-0.25, -0.2) is 0 Å². The number of nitrogens with zero attached hydrogens (tertiary/aromatic N) is 3. The minimum absolute atomic E-state index is 0.150. The number of hydrogen-bond acceptors (Lipinski definition) is 3. The van der Waals surface area contributed by atoms with E-state index < -0.39 is 0 Å². The maximum Gasteiger partial charge on any atom is 0.253 e. The fourth-order valence-electron chi connectivity index (χ4n) is 2.03. The molecular weight excluding hydrogens is 256 g/mol. The lowest BCUT2D eigenvalue weighted by atomic mass is 10.2. The molecule has 6 heteroatoms. The minimum atomic E-state index is -0.256. The SMILES string of the molecule is Cc1cc(C(=O)N(C)CCc2cnn(C)c2)cc(=O)[nH]1. The molecule has 0 saturated heterocycles. The van der Waals surface area contributed by atoms with Gasteiger partial charge in [0.15, 0.2) is 0 Å². The van der Waals surface area contributed by atoms with Crippen LogP contribution in [-0.4, -0.2) is 39.2 Å². The second kappa shape index (κ2) is 5.73. The number of aromatic amines is 1. The molecule has 0 aromatic carbocycles. The molecule has 0 radical (unpaired) electrons. The van der Waals surface area contributed by atoms with Crippen LogP contribution in [-0.2, 0) is 13.5 Å². The number of aryl methyl sites for hydroxylation is 2. The summed E-state index contributed by atoms with van der Waals surface area (Å²) in [5.74, 6) is -0.150. The van der Waals surface area contributed by atoms with Crippen LogP contribution in [0.4, 0.5) is 0 Å². The molecule has 0 aliphatic rings. The lowest BCUT2D eigenvalue weighted by Crippen LogP contribution is -2.29. The molecular formula is C14H18N4O2.